The Morgan fingerprint density at radius 2 is 2.20 bits per heavy atom. The molecule has 3 heteroatoms. The molecule has 0 spiro atoms. The van der Waals surface area contributed by atoms with Gasteiger partial charge in [-0.3, -0.25) is 4.90 Å². The molecule has 0 atom stereocenters. The van der Waals surface area contributed by atoms with Gasteiger partial charge < -0.3 is 5.73 Å². The van der Waals surface area contributed by atoms with Crippen LogP contribution in [0.25, 0.3) is 0 Å². The molecule has 1 aromatic carbocycles. The highest BCUT2D eigenvalue weighted by molar-refractivity contribution is 9.10. The molecule has 2 nitrogen and oxygen atoms in total. The van der Waals surface area contributed by atoms with Crippen molar-refractivity contribution in [2.75, 3.05) is 19.3 Å². The van der Waals surface area contributed by atoms with Gasteiger partial charge in [-0.05, 0) is 47.6 Å². The smallest absolute Gasteiger partial charge is 0.0461 e. The third kappa shape index (κ3) is 4.06. The average molecular weight is 269 g/mol. The first-order chi connectivity index (χ1) is 6.99. The van der Waals surface area contributed by atoms with E-state index in [2.05, 4.69) is 40.5 Å². The van der Waals surface area contributed by atoms with E-state index in [1.54, 1.807) is 0 Å². The van der Waals surface area contributed by atoms with Crippen LogP contribution in [0.5, 0.6) is 0 Å². The zero-order chi connectivity index (χ0) is 11.4. The van der Waals surface area contributed by atoms with Crippen molar-refractivity contribution < 1.29 is 0 Å². The number of likely N-dealkylation sites (N-methyl/N-ethyl adjacent to an activating group) is 1. The second-order valence-electron chi connectivity index (χ2n) is 3.99. The summed E-state index contributed by atoms with van der Waals surface area (Å²) in [4.78, 5) is 2.21. The Morgan fingerprint density at radius 3 is 2.73 bits per heavy atom. The lowest BCUT2D eigenvalue weighted by Crippen LogP contribution is -2.19. The maximum Gasteiger partial charge on any atom is 0.0461 e. The summed E-state index contributed by atoms with van der Waals surface area (Å²) in [5.41, 5.74) is 8.99. The highest BCUT2D eigenvalue weighted by atomic mass is 79.9. The summed E-state index contributed by atoms with van der Waals surface area (Å²) in [5, 5.41) is 0. The number of hydrogen-bond acceptors (Lipinski definition) is 2. The molecule has 0 saturated carbocycles. The molecule has 1 aromatic rings. The van der Waals surface area contributed by atoms with Gasteiger partial charge in [0, 0.05) is 23.2 Å². The molecule has 0 aromatic heterocycles. The molecule has 0 fully saturated rings. The van der Waals surface area contributed by atoms with Crippen molar-refractivity contribution >= 4 is 21.6 Å². The summed E-state index contributed by atoms with van der Waals surface area (Å²) in [6.45, 7) is 7.73. The topological polar surface area (TPSA) is 29.3 Å². The van der Waals surface area contributed by atoms with Gasteiger partial charge in [-0.25, -0.2) is 0 Å². The van der Waals surface area contributed by atoms with E-state index in [1.165, 1.54) is 11.1 Å². The van der Waals surface area contributed by atoms with Crippen LogP contribution in [0.15, 0.2) is 34.8 Å². The van der Waals surface area contributed by atoms with Gasteiger partial charge in [0.25, 0.3) is 0 Å². The predicted octanol–water partition coefficient (Wildman–Crippen LogP) is 3.04. The van der Waals surface area contributed by atoms with Gasteiger partial charge in [-0.1, -0.05) is 18.2 Å². The van der Waals surface area contributed by atoms with E-state index in [0.717, 1.165) is 23.2 Å². The Balaban J connectivity index is 2.64. The molecule has 0 radical (unpaired) electrons. The van der Waals surface area contributed by atoms with Gasteiger partial charge in [-0.15, -0.1) is 0 Å². The van der Waals surface area contributed by atoms with Crippen molar-refractivity contribution in [3.63, 3.8) is 0 Å². The molecule has 0 bridgehead atoms. The number of nitrogens with two attached hydrogens (primary N) is 1. The van der Waals surface area contributed by atoms with Crippen molar-refractivity contribution in [1.82, 2.24) is 4.90 Å². The van der Waals surface area contributed by atoms with Crippen LogP contribution in [0.4, 0.5) is 5.69 Å². The van der Waals surface area contributed by atoms with Crippen LogP contribution in [0.3, 0.4) is 0 Å². The molecule has 0 heterocycles. The fourth-order valence-electron chi connectivity index (χ4n) is 1.52. The molecule has 2 N–H and O–H groups in total. The first kappa shape index (κ1) is 12.3. The minimum Gasteiger partial charge on any atom is -0.398 e. The maximum atomic E-state index is 5.81. The minimum atomic E-state index is 0.788. The van der Waals surface area contributed by atoms with Gasteiger partial charge >= 0.3 is 0 Å². The zero-order valence-electron chi connectivity index (χ0n) is 9.26. The van der Waals surface area contributed by atoms with Crippen LogP contribution in [-0.4, -0.2) is 18.5 Å². The summed E-state index contributed by atoms with van der Waals surface area (Å²) in [6.07, 6.45) is 0. The van der Waals surface area contributed by atoms with E-state index in [0.29, 0.717) is 0 Å². The highest BCUT2D eigenvalue weighted by Crippen LogP contribution is 2.20. The largest absolute Gasteiger partial charge is 0.398 e. The molecule has 0 saturated heterocycles. The lowest BCUT2D eigenvalue weighted by atomic mass is 10.2. The highest BCUT2D eigenvalue weighted by Gasteiger charge is 2.02. The number of benzene rings is 1. The number of halogens is 1. The Labute approximate surface area is 99.9 Å². The Morgan fingerprint density at radius 1 is 1.53 bits per heavy atom. The van der Waals surface area contributed by atoms with Crippen molar-refractivity contribution in [3.05, 3.63) is 40.4 Å². The number of rotatable bonds is 4. The molecule has 0 aliphatic heterocycles. The third-order valence-corrected chi connectivity index (χ3v) is 2.77. The predicted molar refractivity (Wildman–Crippen MR) is 69.7 cm³/mol. The normalized spacial score (nSPS) is 10.7. The van der Waals surface area contributed by atoms with E-state index in [1.807, 2.05) is 19.1 Å². The van der Waals surface area contributed by atoms with Crippen molar-refractivity contribution in [1.29, 1.82) is 0 Å². The minimum absolute atomic E-state index is 0.788. The van der Waals surface area contributed by atoms with E-state index in [9.17, 15) is 0 Å². The standard InChI is InChI=1S/C12H17BrN2/c1-9(2)7-15(3)8-10-4-5-11(13)12(14)6-10/h4-6H,1,7-8,14H2,2-3H3. The van der Waals surface area contributed by atoms with Crippen LogP contribution in [-0.2, 0) is 6.54 Å². The molecule has 0 aliphatic rings. The summed E-state index contributed by atoms with van der Waals surface area (Å²) in [7, 11) is 2.08. The molecular weight excluding hydrogens is 252 g/mol. The molecular formula is C12H17BrN2. The Hall–Kier alpha value is -0.800. The SMILES string of the molecule is C=C(C)CN(C)Cc1ccc(Br)c(N)c1. The fraction of sp³-hybridized carbons (Fsp3) is 0.333. The van der Waals surface area contributed by atoms with E-state index in [4.69, 9.17) is 5.73 Å². The van der Waals surface area contributed by atoms with Gasteiger partial charge in [0.15, 0.2) is 0 Å². The number of nitrogen functional groups attached to an aromatic ring is 1. The van der Waals surface area contributed by atoms with Gasteiger partial charge in [0.1, 0.15) is 0 Å². The average Bonchev–Trinajstić information content (AvgIpc) is 2.10. The second kappa shape index (κ2) is 5.33. The van der Waals surface area contributed by atoms with Crippen molar-refractivity contribution in [3.8, 4) is 0 Å². The molecule has 0 unspecified atom stereocenters. The van der Waals surface area contributed by atoms with Crippen LogP contribution in [0.1, 0.15) is 12.5 Å². The first-order valence-corrected chi connectivity index (χ1v) is 5.65. The monoisotopic (exact) mass is 268 g/mol. The van der Waals surface area contributed by atoms with Gasteiger partial charge in [-0.2, -0.15) is 0 Å². The van der Waals surface area contributed by atoms with E-state index >= 15 is 0 Å². The Bertz CT molecular complexity index is 361. The molecule has 82 valence electrons. The summed E-state index contributed by atoms with van der Waals surface area (Å²) < 4.78 is 0.953. The van der Waals surface area contributed by atoms with E-state index < -0.39 is 0 Å². The zero-order valence-corrected chi connectivity index (χ0v) is 10.8. The summed E-state index contributed by atoms with van der Waals surface area (Å²) >= 11 is 3.38. The van der Waals surface area contributed by atoms with Crippen LogP contribution in [0.2, 0.25) is 0 Å². The number of hydrogen-bond donors (Lipinski definition) is 1. The molecule has 0 aliphatic carbocycles. The van der Waals surface area contributed by atoms with E-state index in [-0.39, 0.29) is 0 Å². The van der Waals surface area contributed by atoms with Crippen LogP contribution < -0.4 is 5.73 Å². The maximum absolute atomic E-state index is 5.81. The lowest BCUT2D eigenvalue weighted by Gasteiger charge is -2.16. The van der Waals surface area contributed by atoms with Gasteiger partial charge in [0.2, 0.25) is 0 Å². The number of nitrogens with zero attached hydrogens (tertiary/aromatic N) is 1. The number of anilines is 1. The fourth-order valence-corrected chi connectivity index (χ4v) is 1.77. The summed E-state index contributed by atoms with van der Waals surface area (Å²) in [5.74, 6) is 0. The molecule has 15 heavy (non-hydrogen) atoms. The second-order valence-corrected chi connectivity index (χ2v) is 4.84. The molecule has 1 rings (SSSR count). The van der Waals surface area contributed by atoms with Crippen molar-refractivity contribution in [2.45, 2.75) is 13.5 Å². The summed E-state index contributed by atoms with van der Waals surface area (Å²) in [6, 6.07) is 6.06. The third-order valence-electron chi connectivity index (χ3n) is 2.05. The van der Waals surface area contributed by atoms with Crippen molar-refractivity contribution in [2.24, 2.45) is 0 Å². The van der Waals surface area contributed by atoms with Gasteiger partial charge in [0.05, 0.1) is 0 Å². The molecule has 0 amide bonds. The lowest BCUT2D eigenvalue weighted by molar-refractivity contribution is 0.355. The van der Waals surface area contributed by atoms with Crippen LogP contribution >= 0.6 is 15.9 Å². The first-order valence-electron chi connectivity index (χ1n) is 4.86. The van der Waals surface area contributed by atoms with Crippen LogP contribution in [0, 0.1) is 0 Å². The Kier molecular flexibility index (Phi) is 4.36. The quantitative estimate of drug-likeness (QED) is 0.672.